The third-order valence-electron chi connectivity index (χ3n) is 2.64. The van der Waals surface area contributed by atoms with Gasteiger partial charge in [0.15, 0.2) is 0 Å². The minimum absolute atomic E-state index is 0.123. The maximum Gasteiger partial charge on any atom is 0.248 e. The quantitative estimate of drug-likeness (QED) is 0.831. The van der Waals surface area contributed by atoms with Gasteiger partial charge in [0.1, 0.15) is 0 Å². The lowest BCUT2D eigenvalue weighted by atomic mass is 10.2. The molecule has 108 valence electrons. The zero-order chi connectivity index (χ0) is 15.2. The average Bonchev–Trinajstić information content (AvgIpc) is 2.47. The molecule has 0 aliphatic carbocycles. The summed E-state index contributed by atoms with van der Waals surface area (Å²) in [7, 11) is 0. The lowest BCUT2D eigenvalue weighted by Crippen LogP contribution is -2.14. The van der Waals surface area contributed by atoms with Gasteiger partial charge in [-0.05, 0) is 48.5 Å². The Morgan fingerprint density at radius 1 is 1.05 bits per heavy atom. The van der Waals surface area contributed by atoms with E-state index in [4.69, 9.17) is 17.3 Å². The molecule has 0 atom stereocenters. The number of nitrogens with one attached hydrogen (secondary N) is 1. The van der Waals surface area contributed by atoms with Gasteiger partial charge in [0.2, 0.25) is 11.8 Å². The zero-order valence-electron chi connectivity index (χ0n) is 11.0. The third kappa shape index (κ3) is 4.81. The number of amides is 2. The molecule has 0 spiro atoms. The Hall–Kier alpha value is -1.98. The number of benzene rings is 2. The maximum absolute atomic E-state index is 11.8. The van der Waals surface area contributed by atoms with E-state index in [-0.39, 0.29) is 5.91 Å². The summed E-state index contributed by atoms with van der Waals surface area (Å²) in [6, 6.07) is 13.7. The van der Waals surface area contributed by atoms with E-state index in [1.165, 1.54) is 11.8 Å². The van der Waals surface area contributed by atoms with Gasteiger partial charge >= 0.3 is 0 Å². The van der Waals surface area contributed by atoms with Gasteiger partial charge < -0.3 is 11.1 Å². The summed E-state index contributed by atoms with van der Waals surface area (Å²) in [6.07, 6.45) is 0. The summed E-state index contributed by atoms with van der Waals surface area (Å²) < 4.78 is 0. The molecule has 3 N–H and O–H groups in total. The summed E-state index contributed by atoms with van der Waals surface area (Å²) in [5, 5.41) is 3.42. The lowest BCUT2D eigenvalue weighted by molar-refractivity contribution is -0.113. The first-order valence-electron chi connectivity index (χ1n) is 6.12. The van der Waals surface area contributed by atoms with E-state index < -0.39 is 5.91 Å². The zero-order valence-corrected chi connectivity index (χ0v) is 12.6. The molecule has 2 aromatic rings. The largest absolute Gasteiger partial charge is 0.366 e. The molecule has 2 rings (SSSR count). The molecule has 0 aliphatic rings. The molecule has 0 unspecified atom stereocenters. The van der Waals surface area contributed by atoms with Crippen LogP contribution >= 0.6 is 23.4 Å². The van der Waals surface area contributed by atoms with Crippen molar-refractivity contribution >= 4 is 40.9 Å². The van der Waals surface area contributed by atoms with E-state index >= 15 is 0 Å². The standard InChI is InChI=1S/C15H13ClN2O2S/c16-11-3-7-13(8-4-11)21-9-14(19)18-12-5-1-10(2-6-12)15(17)20/h1-8H,9H2,(H2,17,20)(H,18,19). The van der Waals surface area contributed by atoms with Gasteiger partial charge in [0.05, 0.1) is 5.75 Å². The number of hydrogen-bond acceptors (Lipinski definition) is 3. The first kappa shape index (κ1) is 15.4. The van der Waals surface area contributed by atoms with Crippen molar-refractivity contribution in [1.29, 1.82) is 0 Å². The van der Waals surface area contributed by atoms with Crippen molar-refractivity contribution in [2.75, 3.05) is 11.1 Å². The van der Waals surface area contributed by atoms with Crippen LogP contribution in [0.2, 0.25) is 5.02 Å². The van der Waals surface area contributed by atoms with Crippen LogP contribution in [0.1, 0.15) is 10.4 Å². The van der Waals surface area contributed by atoms with Gasteiger partial charge in [0, 0.05) is 21.2 Å². The third-order valence-corrected chi connectivity index (χ3v) is 3.90. The molecule has 2 amide bonds. The van der Waals surface area contributed by atoms with Crippen molar-refractivity contribution in [3.8, 4) is 0 Å². The minimum Gasteiger partial charge on any atom is -0.366 e. The molecular formula is C15H13ClN2O2S. The molecule has 0 radical (unpaired) electrons. The second-order valence-corrected chi connectivity index (χ2v) is 5.72. The number of anilines is 1. The summed E-state index contributed by atoms with van der Waals surface area (Å²) in [6.45, 7) is 0. The molecule has 21 heavy (non-hydrogen) atoms. The van der Waals surface area contributed by atoms with Crippen LogP contribution in [0.15, 0.2) is 53.4 Å². The van der Waals surface area contributed by atoms with E-state index in [2.05, 4.69) is 5.32 Å². The predicted molar refractivity (Wildman–Crippen MR) is 85.8 cm³/mol. The fourth-order valence-electron chi connectivity index (χ4n) is 1.59. The number of thioether (sulfide) groups is 1. The monoisotopic (exact) mass is 320 g/mol. The number of carbonyl (C=O) groups is 2. The topological polar surface area (TPSA) is 72.2 Å². The molecule has 2 aromatic carbocycles. The number of hydrogen-bond donors (Lipinski definition) is 2. The molecule has 0 aromatic heterocycles. The first-order chi connectivity index (χ1) is 10.0. The van der Waals surface area contributed by atoms with Gasteiger partial charge in [-0.1, -0.05) is 11.6 Å². The van der Waals surface area contributed by atoms with Crippen LogP contribution in [0.25, 0.3) is 0 Å². The Kier molecular flexibility index (Phi) is 5.25. The van der Waals surface area contributed by atoms with Crippen LogP contribution in [-0.4, -0.2) is 17.6 Å². The van der Waals surface area contributed by atoms with E-state index in [1.54, 1.807) is 36.4 Å². The molecule has 0 saturated carbocycles. The van der Waals surface area contributed by atoms with E-state index in [0.29, 0.717) is 22.0 Å². The maximum atomic E-state index is 11.8. The van der Waals surface area contributed by atoms with Crippen molar-refractivity contribution in [2.45, 2.75) is 4.90 Å². The van der Waals surface area contributed by atoms with Gasteiger partial charge in [-0.25, -0.2) is 0 Å². The van der Waals surface area contributed by atoms with Crippen molar-refractivity contribution < 1.29 is 9.59 Å². The van der Waals surface area contributed by atoms with Gasteiger partial charge in [-0.2, -0.15) is 0 Å². The molecule has 0 heterocycles. The van der Waals surface area contributed by atoms with E-state index in [0.717, 1.165) is 4.90 Å². The van der Waals surface area contributed by atoms with Crippen molar-refractivity contribution in [1.82, 2.24) is 0 Å². The molecule has 0 saturated heterocycles. The Morgan fingerprint density at radius 2 is 1.67 bits per heavy atom. The highest BCUT2D eigenvalue weighted by Crippen LogP contribution is 2.20. The molecule has 0 aliphatic heterocycles. The normalized spacial score (nSPS) is 10.1. The van der Waals surface area contributed by atoms with Crippen LogP contribution in [0, 0.1) is 0 Å². The van der Waals surface area contributed by atoms with Gasteiger partial charge in [0.25, 0.3) is 0 Å². The summed E-state index contributed by atoms with van der Waals surface area (Å²) in [4.78, 5) is 23.7. The van der Waals surface area contributed by atoms with Crippen LogP contribution in [0.4, 0.5) is 5.69 Å². The summed E-state index contributed by atoms with van der Waals surface area (Å²) >= 11 is 7.21. The SMILES string of the molecule is NC(=O)c1ccc(NC(=O)CSc2ccc(Cl)cc2)cc1. The highest BCUT2D eigenvalue weighted by Gasteiger charge is 2.05. The number of rotatable bonds is 5. The van der Waals surface area contributed by atoms with Crippen LogP contribution in [-0.2, 0) is 4.79 Å². The van der Waals surface area contributed by atoms with Crippen LogP contribution < -0.4 is 11.1 Å². The van der Waals surface area contributed by atoms with Gasteiger partial charge in [-0.15, -0.1) is 11.8 Å². The second-order valence-electron chi connectivity index (χ2n) is 4.23. The van der Waals surface area contributed by atoms with Crippen LogP contribution in [0.5, 0.6) is 0 Å². The van der Waals surface area contributed by atoms with Crippen molar-refractivity contribution in [3.63, 3.8) is 0 Å². The summed E-state index contributed by atoms with van der Waals surface area (Å²) in [5.41, 5.74) is 6.18. The average molecular weight is 321 g/mol. The minimum atomic E-state index is -0.494. The van der Waals surface area contributed by atoms with Crippen molar-refractivity contribution in [2.24, 2.45) is 5.73 Å². The summed E-state index contributed by atoms with van der Waals surface area (Å²) in [5.74, 6) is -0.327. The Morgan fingerprint density at radius 3 is 2.24 bits per heavy atom. The molecule has 0 bridgehead atoms. The Bertz CT molecular complexity index is 642. The smallest absolute Gasteiger partial charge is 0.248 e. The fraction of sp³-hybridized carbons (Fsp3) is 0.0667. The highest BCUT2D eigenvalue weighted by molar-refractivity contribution is 8.00. The number of primary amides is 1. The number of halogens is 1. The lowest BCUT2D eigenvalue weighted by Gasteiger charge is -2.06. The number of nitrogens with two attached hydrogens (primary N) is 1. The fourth-order valence-corrected chi connectivity index (χ4v) is 2.42. The second kappa shape index (κ2) is 7.15. The molecular weight excluding hydrogens is 308 g/mol. The highest BCUT2D eigenvalue weighted by atomic mass is 35.5. The molecule has 4 nitrogen and oxygen atoms in total. The van der Waals surface area contributed by atoms with Gasteiger partial charge in [-0.3, -0.25) is 9.59 Å². The Balaban J connectivity index is 1.86. The van der Waals surface area contributed by atoms with E-state index in [9.17, 15) is 9.59 Å². The van der Waals surface area contributed by atoms with Crippen LogP contribution in [0.3, 0.4) is 0 Å². The molecule has 0 fully saturated rings. The van der Waals surface area contributed by atoms with E-state index in [1.807, 2.05) is 12.1 Å². The predicted octanol–water partition coefficient (Wildman–Crippen LogP) is 3.17. The Labute approximate surface area is 131 Å². The number of carbonyl (C=O) groups excluding carboxylic acids is 2. The van der Waals surface area contributed by atoms with Crippen molar-refractivity contribution in [3.05, 3.63) is 59.1 Å². The molecule has 6 heteroatoms. The first-order valence-corrected chi connectivity index (χ1v) is 7.49.